The van der Waals surface area contributed by atoms with Gasteiger partial charge in [0.15, 0.2) is 0 Å². The molecule has 4 nitrogen and oxygen atoms in total. The van der Waals surface area contributed by atoms with E-state index < -0.39 is 10.0 Å². The van der Waals surface area contributed by atoms with Gasteiger partial charge in [-0.2, -0.15) is 0 Å². The first kappa shape index (κ1) is 17.4. The van der Waals surface area contributed by atoms with E-state index in [0.717, 1.165) is 16.8 Å². The van der Waals surface area contributed by atoms with E-state index in [4.69, 9.17) is 0 Å². The maximum Gasteiger partial charge on any atom is 0.216 e. The van der Waals surface area contributed by atoms with Crippen molar-refractivity contribution in [3.63, 3.8) is 0 Å². The molecule has 2 aromatic carbocycles. The van der Waals surface area contributed by atoms with E-state index in [-0.39, 0.29) is 18.1 Å². The van der Waals surface area contributed by atoms with Crippen molar-refractivity contribution in [1.82, 2.24) is 9.29 Å². The third-order valence-electron chi connectivity index (χ3n) is 3.86. The topological polar surface area (TPSA) is 51.1 Å². The lowest BCUT2D eigenvalue weighted by atomic mass is 10.2. The first-order valence-electron chi connectivity index (χ1n) is 7.91. The molecule has 0 aliphatic carbocycles. The summed E-state index contributed by atoms with van der Waals surface area (Å²) in [5, 5.41) is 0. The Hall–Kier alpha value is -2.44. The third kappa shape index (κ3) is 5.01. The van der Waals surface area contributed by atoms with E-state index in [0.29, 0.717) is 6.54 Å². The second-order valence-corrected chi connectivity index (χ2v) is 7.63. The highest BCUT2D eigenvalue weighted by atomic mass is 32.2. The molecule has 0 unspecified atom stereocenters. The molecule has 0 radical (unpaired) electrons. The number of aromatic nitrogens is 1. The van der Waals surface area contributed by atoms with Crippen molar-refractivity contribution in [2.45, 2.75) is 18.8 Å². The predicted molar refractivity (Wildman–Crippen MR) is 95.8 cm³/mol. The van der Waals surface area contributed by atoms with Gasteiger partial charge in [-0.3, -0.25) is 0 Å². The van der Waals surface area contributed by atoms with Crippen LogP contribution in [0.15, 0.2) is 72.9 Å². The van der Waals surface area contributed by atoms with E-state index in [1.54, 1.807) is 24.3 Å². The van der Waals surface area contributed by atoms with Crippen LogP contribution in [-0.2, 0) is 28.9 Å². The van der Waals surface area contributed by atoms with Crippen LogP contribution in [0.25, 0.3) is 0 Å². The lowest BCUT2D eigenvalue weighted by molar-refractivity contribution is 0.577. The normalized spacial score (nSPS) is 11.6. The average Bonchev–Trinajstić information content (AvgIpc) is 3.03. The summed E-state index contributed by atoms with van der Waals surface area (Å²) in [6.07, 6.45) is 1.88. The highest BCUT2D eigenvalue weighted by Crippen LogP contribution is 2.10. The Balaban J connectivity index is 1.64. The van der Waals surface area contributed by atoms with E-state index in [9.17, 15) is 12.8 Å². The second-order valence-electron chi connectivity index (χ2n) is 5.82. The monoisotopic (exact) mass is 358 g/mol. The molecule has 0 aliphatic heterocycles. The number of hydrogen-bond acceptors (Lipinski definition) is 2. The molecule has 130 valence electrons. The quantitative estimate of drug-likeness (QED) is 0.705. The summed E-state index contributed by atoms with van der Waals surface area (Å²) in [6, 6.07) is 19.1. The van der Waals surface area contributed by atoms with Gasteiger partial charge in [-0.05, 0) is 35.4 Å². The van der Waals surface area contributed by atoms with Crippen LogP contribution in [-0.4, -0.2) is 13.0 Å². The van der Waals surface area contributed by atoms with Crippen LogP contribution in [0.1, 0.15) is 16.8 Å². The van der Waals surface area contributed by atoms with Crippen LogP contribution in [0.3, 0.4) is 0 Å². The van der Waals surface area contributed by atoms with Crippen molar-refractivity contribution in [3.8, 4) is 0 Å². The van der Waals surface area contributed by atoms with Gasteiger partial charge >= 0.3 is 0 Å². The molecular weight excluding hydrogens is 339 g/mol. The maximum absolute atomic E-state index is 13.0. The highest BCUT2D eigenvalue weighted by molar-refractivity contribution is 7.88. The molecule has 0 bridgehead atoms. The third-order valence-corrected chi connectivity index (χ3v) is 5.16. The van der Waals surface area contributed by atoms with Crippen LogP contribution in [0, 0.1) is 5.82 Å². The average molecular weight is 358 g/mol. The van der Waals surface area contributed by atoms with Gasteiger partial charge in [-0.25, -0.2) is 17.5 Å². The Bertz CT molecular complexity index is 920. The van der Waals surface area contributed by atoms with E-state index in [1.165, 1.54) is 12.1 Å². The zero-order chi connectivity index (χ0) is 17.7. The summed E-state index contributed by atoms with van der Waals surface area (Å²) in [4.78, 5) is 0. The number of halogens is 1. The molecule has 0 saturated carbocycles. The molecule has 1 aromatic heterocycles. The summed E-state index contributed by atoms with van der Waals surface area (Å²) in [6.45, 7) is 0.770. The molecule has 0 spiro atoms. The SMILES string of the molecule is O=S(=O)(Cc1ccccc1)NCc1cccn1Cc1ccc(F)cc1. The maximum atomic E-state index is 13.0. The molecule has 6 heteroatoms. The molecule has 0 aliphatic rings. The molecule has 3 aromatic rings. The predicted octanol–water partition coefficient (Wildman–Crippen LogP) is 3.30. The van der Waals surface area contributed by atoms with Crippen LogP contribution in [0.2, 0.25) is 0 Å². The Labute approximate surface area is 147 Å². The summed E-state index contributed by atoms with van der Waals surface area (Å²) < 4.78 is 42.1. The number of rotatable bonds is 7. The zero-order valence-corrected chi connectivity index (χ0v) is 14.4. The Morgan fingerprint density at radius 1 is 0.880 bits per heavy atom. The minimum absolute atomic E-state index is 0.0491. The van der Waals surface area contributed by atoms with Crippen LogP contribution in [0.4, 0.5) is 4.39 Å². The van der Waals surface area contributed by atoms with Gasteiger partial charge in [0.05, 0.1) is 12.3 Å². The Kier molecular flexibility index (Phi) is 5.31. The number of nitrogens with one attached hydrogen (secondary N) is 1. The smallest absolute Gasteiger partial charge is 0.216 e. The molecule has 0 fully saturated rings. The fourth-order valence-corrected chi connectivity index (χ4v) is 3.68. The summed E-state index contributed by atoms with van der Waals surface area (Å²) in [7, 11) is -3.42. The van der Waals surface area contributed by atoms with Crippen molar-refractivity contribution >= 4 is 10.0 Å². The number of benzene rings is 2. The van der Waals surface area contributed by atoms with Crippen molar-refractivity contribution < 1.29 is 12.8 Å². The molecule has 0 saturated heterocycles. The fourth-order valence-electron chi connectivity index (χ4n) is 2.58. The van der Waals surface area contributed by atoms with Gasteiger partial charge in [0.1, 0.15) is 5.82 Å². The van der Waals surface area contributed by atoms with Gasteiger partial charge in [-0.1, -0.05) is 42.5 Å². The lowest BCUT2D eigenvalue weighted by Gasteiger charge is -2.11. The van der Waals surface area contributed by atoms with Gasteiger partial charge in [0.2, 0.25) is 10.0 Å². The van der Waals surface area contributed by atoms with Gasteiger partial charge < -0.3 is 4.57 Å². The van der Waals surface area contributed by atoms with Gasteiger partial charge in [-0.15, -0.1) is 0 Å². The molecule has 0 atom stereocenters. The number of nitrogens with zero attached hydrogens (tertiary/aromatic N) is 1. The standard InChI is InChI=1S/C19H19FN2O2S/c20-18-10-8-16(9-11-18)14-22-12-4-7-19(22)13-21-25(23,24)15-17-5-2-1-3-6-17/h1-12,21H,13-15H2. The Morgan fingerprint density at radius 2 is 1.60 bits per heavy atom. The molecular formula is C19H19FN2O2S. The van der Waals surface area contributed by atoms with Gasteiger partial charge in [0.25, 0.3) is 0 Å². The van der Waals surface area contributed by atoms with E-state index >= 15 is 0 Å². The van der Waals surface area contributed by atoms with Crippen LogP contribution >= 0.6 is 0 Å². The zero-order valence-electron chi connectivity index (χ0n) is 13.6. The largest absolute Gasteiger partial charge is 0.346 e. The first-order valence-corrected chi connectivity index (χ1v) is 9.57. The summed E-state index contributed by atoms with van der Waals surface area (Å²) >= 11 is 0. The van der Waals surface area contributed by atoms with Crippen molar-refractivity contribution in [2.75, 3.05) is 0 Å². The number of sulfonamides is 1. The fraction of sp³-hybridized carbons (Fsp3) is 0.158. The molecule has 3 rings (SSSR count). The van der Waals surface area contributed by atoms with Crippen molar-refractivity contribution in [3.05, 3.63) is 95.6 Å². The van der Waals surface area contributed by atoms with E-state index in [2.05, 4.69) is 4.72 Å². The van der Waals surface area contributed by atoms with Crippen LogP contribution in [0.5, 0.6) is 0 Å². The summed E-state index contributed by atoms with van der Waals surface area (Å²) in [5.41, 5.74) is 2.55. The highest BCUT2D eigenvalue weighted by Gasteiger charge is 2.12. The Morgan fingerprint density at radius 3 is 2.32 bits per heavy atom. The van der Waals surface area contributed by atoms with Crippen LogP contribution < -0.4 is 4.72 Å². The minimum atomic E-state index is -3.42. The molecule has 0 amide bonds. The van der Waals surface area contributed by atoms with E-state index in [1.807, 2.05) is 41.1 Å². The van der Waals surface area contributed by atoms with Crippen molar-refractivity contribution in [2.24, 2.45) is 0 Å². The molecule has 25 heavy (non-hydrogen) atoms. The number of hydrogen-bond donors (Lipinski definition) is 1. The second kappa shape index (κ2) is 7.63. The lowest BCUT2D eigenvalue weighted by Crippen LogP contribution is -2.26. The first-order chi connectivity index (χ1) is 12.0. The molecule has 1 N–H and O–H groups in total. The summed E-state index contributed by atoms with van der Waals surface area (Å²) in [5.74, 6) is -0.322. The van der Waals surface area contributed by atoms with Gasteiger partial charge in [0, 0.05) is 18.4 Å². The van der Waals surface area contributed by atoms with Crippen molar-refractivity contribution in [1.29, 1.82) is 0 Å². The molecule has 1 heterocycles. The minimum Gasteiger partial charge on any atom is -0.346 e.